The number of nitrogens with two attached hydrogens (primary N) is 1. The molecule has 128 valence electrons. The molecule has 0 saturated heterocycles. The van der Waals surface area contributed by atoms with Gasteiger partial charge in [0.25, 0.3) is 5.91 Å². The van der Waals surface area contributed by atoms with Gasteiger partial charge in [-0.15, -0.1) is 11.3 Å². The molecule has 0 fully saturated rings. The van der Waals surface area contributed by atoms with E-state index in [0.717, 1.165) is 6.42 Å². The molecule has 1 aromatic carbocycles. The standard InChI is InChI=1S/C17H22N4O2S/c1-23-14-5-2-4-13(12-14)16(22)19-9-10-21-17(18)20-8-7-15-6-3-11-24-15/h2-6,11-12H,7-10H2,1H3,(H,19,22)(H3,18,20,21). The Morgan fingerprint density at radius 1 is 1.25 bits per heavy atom. The molecule has 0 bridgehead atoms. The Balaban J connectivity index is 1.65. The second-order valence-corrected chi connectivity index (χ2v) is 6.04. The van der Waals surface area contributed by atoms with Gasteiger partial charge < -0.3 is 21.1 Å². The van der Waals surface area contributed by atoms with E-state index in [-0.39, 0.29) is 5.91 Å². The lowest BCUT2D eigenvalue weighted by Gasteiger charge is -2.08. The number of aliphatic imine (C=N–C) groups is 1. The number of benzene rings is 1. The fourth-order valence-electron chi connectivity index (χ4n) is 2.03. The number of nitrogens with one attached hydrogen (secondary N) is 2. The fourth-order valence-corrected chi connectivity index (χ4v) is 2.73. The lowest BCUT2D eigenvalue weighted by atomic mass is 10.2. The number of rotatable bonds is 8. The molecule has 0 saturated carbocycles. The minimum Gasteiger partial charge on any atom is -0.497 e. The number of ether oxygens (including phenoxy) is 1. The van der Waals surface area contributed by atoms with Crippen molar-refractivity contribution < 1.29 is 9.53 Å². The highest BCUT2D eigenvalue weighted by Crippen LogP contribution is 2.12. The zero-order chi connectivity index (χ0) is 17.2. The van der Waals surface area contributed by atoms with Gasteiger partial charge in [-0.05, 0) is 29.6 Å². The highest BCUT2D eigenvalue weighted by molar-refractivity contribution is 7.09. The Kier molecular flexibility index (Phi) is 7.10. The van der Waals surface area contributed by atoms with Crippen molar-refractivity contribution in [2.24, 2.45) is 10.7 Å². The molecule has 0 aliphatic carbocycles. The van der Waals surface area contributed by atoms with Crippen molar-refractivity contribution in [3.05, 3.63) is 52.2 Å². The highest BCUT2D eigenvalue weighted by Gasteiger charge is 2.05. The molecule has 1 aromatic heterocycles. The van der Waals surface area contributed by atoms with E-state index in [1.54, 1.807) is 42.7 Å². The number of nitrogens with zero attached hydrogens (tertiary/aromatic N) is 1. The van der Waals surface area contributed by atoms with Gasteiger partial charge in [-0.25, -0.2) is 0 Å². The van der Waals surface area contributed by atoms with Crippen LogP contribution in [0.5, 0.6) is 5.75 Å². The Morgan fingerprint density at radius 3 is 2.83 bits per heavy atom. The Morgan fingerprint density at radius 2 is 2.08 bits per heavy atom. The summed E-state index contributed by atoms with van der Waals surface area (Å²) in [6.07, 6.45) is 0.882. The van der Waals surface area contributed by atoms with Crippen LogP contribution in [0.3, 0.4) is 0 Å². The summed E-state index contributed by atoms with van der Waals surface area (Å²) in [5.41, 5.74) is 6.35. The van der Waals surface area contributed by atoms with E-state index in [4.69, 9.17) is 10.5 Å². The van der Waals surface area contributed by atoms with Gasteiger partial charge in [0.2, 0.25) is 0 Å². The Hall–Kier alpha value is -2.54. The van der Waals surface area contributed by atoms with Gasteiger partial charge in [0.05, 0.1) is 7.11 Å². The first kappa shape index (κ1) is 17.8. The van der Waals surface area contributed by atoms with E-state index in [2.05, 4.69) is 21.7 Å². The summed E-state index contributed by atoms with van der Waals surface area (Å²) in [6.45, 7) is 1.62. The summed E-state index contributed by atoms with van der Waals surface area (Å²) in [5.74, 6) is 0.897. The SMILES string of the molecule is COc1cccc(C(=O)NCCNC(N)=NCCc2cccs2)c1. The fraction of sp³-hybridized carbons (Fsp3) is 0.294. The summed E-state index contributed by atoms with van der Waals surface area (Å²) in [6, 6.07) is 11.1. The van der Waals surface area contributed by atoms with Gasteiger partial charge in [0, 0.05) is 36.5 Å². The third-order valence-electron chi connectivity index (χ3n) is 3.27. The molecular formula is C17H22N4O2S. The van der Waals surface area contributed by atoms with E-state index in [9.17, 15) is 4.79 Å². The second kappa shape index (κ2) is 9.57. The largest absolute Gasteiger partial charge is 0.497 e. The normalized spacial score (nSPS) is 11.1. The van der Waals surface area contributed by atoms with Crippen LogP contribution in [0.15, 0.2) is 46.8 Å². The summed E-state index contributed by atoms with van der Waals surface area (Å²) in [5, 5.41) is 7.85. The van der Waals surface area contributed by atoms with Crippen LogP contribution >= 0.6 is 11.3 Å². The molecule has 6 nitrogen and oxygen atoms in total. The molecule has 7 heteroatoms. The van der Waals surface area contributed by atoms with Gasteiger partial charge in [0.15, 0.2) is 5.96 Å². The number of thiophene rings is 1. The summed E-state index contributed by atoms with van der Waals surface area (Å²) < 4.78 is 5.10. The van der Waals surface area contributed by atoms with Gasteiger partial charge in [-0.2, -0.15) is 0 Å². The molecule has 0 radical (unpaired) electrons. The first-order chi connectivity index (χ1) is 11.7. The maximum absolute atomic E-state index is 12.0. The number of carbonyl (C=O) groups excluding carboxylic acids is 1. The van der Waals surface area contributed by atoms with Crippen molar-refractivity contribution in [2.75, 3.05) is 26.7 Å². The maximum atomic E-state index is 12.0. The molecule has 0 atom stereocenters. The summed E-state index contributed by atoms with van der Waals surface area (Å²) >= 11 is 1.71. The summed E-state index contributed by atoms with van der Waals surface area (Å²) in [7, 11) is 1.57. The van der Waals surface area contributed by atoms with Crippen LogP contribution in [0.25, 0.3) is 0 Å². The quantitative estimate of drug-likeness (QED) is 0.385. The molecule has 0 aliphatic heterocycles. The third kappa shape index (κ3) is 5.92. The first-order valence-corrected chi connectivity index (χ1v) is 8.55. The Bertz CT molecular complexity index is 671. The Labute approximate surface area is 145 Å². The molecule has 24 heavy (non-hydrogen) atoms. The van der Waals surface area contributed by atoms with Crippen molar-refractivity contribution in [3.63, 3.8) is 0 Å². The monoisotopic (exact) mass is 346 g/mol. The number of guanidine groups is 1. The number of hydrogen-bond acceptors (Lipinski definition) is 4. The lowest BCUT2D eigenvalue weighted by Crippen LogP contribution is -2.38. The van der Waals surface area contributed by atoms with E-state index in [1.165, 1.54) is 4.88 Å². The smallest absolute Gasteiger partial charge is 0.251 e. The molecule has 4 N–H and O–H groups in total. The van der Waals surface area contributed by atoms with Crippen LogP contribution in [-0.2, 0) is 6.42 Å². The van der Waals surface area contributed by atoms with Crippen LogP contribution in [0.2, 0.25) is 0 Å². The van der Waals surface area contributed by atoms with Crippen molar-refractivity contribution in [1.82, 2.24) is 10.6 Å². The van der Waals surface area contributed by atoms with Gasteiger partial charge in [0.1, 0.15) is 5.75 Å². The molecule has 0 spiro atoms. The van der Waals surface area contributed by atoms with Crippen molar-refractivity contribution in [3.8, 4) is 5.75 Å². The molecule has 0 aliphatic rings. The van der Waals surface area contributed by atoms with Crippen LogP contribution < -0.4 is 21.1 Å². The second-order valence-electron chi connectivity index (χ2n) is 5.01. The molecular weight excluding hydrogens is 324 g/mol. The van der Waals surface area contributed by atoms with Crippen LogP contribution in [0, 0.1) is 0 Å². The van der Waals surface area contributed by atoms with Crippen LogP contribution in [0.1, 0.15) is 15.2 Å². The predicted molar refractivity (Wildman–Crippen MR) is 97.8 cm³/mol. The minimum atomic E-state index is -0.149. The first-order valence-electron chi connectivity index (χ1n) is 7.67. The zero-order valence-electron chi connectivity index (χ0n) is 13.6. The van der Waals surface area contributed by atoms with Crippen molar-refractivity contribution >= 4 is 23.2 Å². The molecule has 2 aromatic rings. The molecule has 1 amide bonds. The number of carbonyl (C=O) groups is 1. The van der Waals surface area contributed by atoms with E-state index in [0.29, 0.717) is 36.9 Å². The molecule has 2 rings (SSSR count). The number of hydrogen-bond donors (Lipinski definition) is 3. The molecule has 1 heterocycles. The van der Waals surface area contributed by atoms with E-state index >= 15 is 0 Å². The van der Waals surface area contributed by atoms with Crippen molar-refractivity contribution in [2.45, 2.75) is 6.42 Å². The average Bonchev–Trinajstić information content (AvgIpc) is 3.12. The van der Waals surface area contributed by atoms with E-state index < -0.39 is 0 Å². The average molecular weight is 346 g/mol. The van der Waals surface area contributed by atoms with Crippen LogP contribution in [0.4, 0.5) is 0 Å². The third-order valence-corrected chi connectivity index (χ3v) is 4.21. The zero-order valence-corrected chi connectivity index (χ0v) is 14.4. The summed E-state index contributed by atoms with van der Waals surface area (Å²) in [4.78, 5) is 17.6. The number of amides is 1. The minimum absolute atomic E-state index is 0.149. The maximum Gasteiger partial charge on any atom is 0.251 e. The lowest BCUT2D eigenvalue weighted by molar-refractivity contribution is 0.0954. The van der Waals surface area contributed by atoms with E-state index in [1.807, 2.05) is 11.4 Å². The molecule has 0 unspecified atom stereocenters. The highest BCUT2D eigenvalue weighted by atomic mass is 32.1. The number of methoxy groups -OCH3 is 1. The van der Waals surface area contributed by atoms with Crippen molar-refractivity contribution in [1.29, 1.82) is 0 Å². The topological polar surface area (TPSA) is 88.7 Å². The van der Waals surface area contributed by atoms with Crippen LogP contribution in [-0.4, -0.2) is 38.6 Å². The van der Waals surface area contributed by atoms with Gasteiger partial charge in [-0.1, -0.05) is 12.1 Å². The van der Waals surface area contributed by atoms with Gasteiger partial charge in [-0.3, -0.25) is 9.79 Å². The predicted octanol–water partition coefficient (Wildman–Crippen LogP) is 1.63. The van der Waals surface area contributed by atoms with Gasteiger partial charge >= 0.3 is 0 Å².